The summed E-state index contributed by atoms with van der Waals surface area (Å²) in [6.45, 7) is 1.59. The van der Waals surface area contributed by atoms with Gasteiger partial charge in [0, 0.05) is 30.1 Å². The van der Waals surface area contributed by atoms with Gasteiger partial charge in [0.05, 0.1) is 43.0 Å². The van der Waals surface area contributed by atoms with Crippen LogP contribution in [0.3, 0.4) is 0 Å². The molecule has 2 aliphatic rings. The molecule has 0 bridgehead atoms. The molecule has 4 N–H and O–H groups in total. The van der Waals surface area contributed by atoms with Crippen molar-refractivity contribution in [2.75, 3.05) is 20.2 Å². The Morgan fingerprint density at radius 1 is 0.826 bits per heavy atom. The Kier molecular flexibility index (Phi) is 8.26. The molecule has 3 unspecified atom stereocenters. The number of ether oxygens (including phenoxy) is 1. The minimum atomic E-state index is -0.862. The number of aromatic nitrogens is 6. The Hall–Kier alpha value is -5.36. The van der Waals surface area contributed by atoms with Crippen molar-refractivity contribution in [1.29, 1.82) is 0 Å². The molecule has 2 aliphatic heterocycles. The number of alkyl carbamates (subject to hydrolysis) is 1. The van der Waals surface area contributed by atoms with Gasteiger partial charge in [-0.15, -0.1) is 0 Å². The van der Waals surface area contributed by atoms with Crippen molar-refractivity contribution in [2.45, 2.75) is 43.8 Å². The minimum absolute atomic E-state index is 0.203. The van der Waals surface area contributed by atoms with Gasteiger partial charge in [-0.3, -0.25) is 4.79 Å². The molecule has 2 fully saturated rings. The second-order valence-electron chi connectivity index (χ2n) is 11.6. The number of nitrogens with zero attached hydrogens (tertiary/aromatic N) is 5. The molecule has 7 rings (SSSR count). The third-order valence-corrected chi connectivity index (χ3v) is 8.68. The van der Waals surface area contributed by atoms with E-state index in [0.29, 0.717) is 23.8 Å². The lowest BCUT2D eigenvalue weighted by molar-refractivity contribution is -0.134. The van der Waals surface area contributed by atoms with E-state index in [1.165, 1.54) is 7.11 Å². The van der Waals surface area contributed by atoms with E-state index >= 15 is 0 Å². The minimum Gasteiger partial charge on any atom is -0.453 e. The molecule has 0 spiro atoms. The maximum Gasteiger partial charge on any atom is 0.407 e. The Bertz CT molecular complexity index is 1800. The number of rotatable bonds is 8. The predicted molar refractivity (Wildman–Crippen MR) is 171 cm³/mol. The number of imidazole rings is 2. The largest absolute Gasteiger partial charge is 0.453 e. The summed E-state index contributed by atoms with van der Waals surface area (Å²) in [5.74, 6) is 2.09. The van der Waals surface area contributed by atoms with Crippen LogP contribution in [0.5, 0.6) is 0 Å². The number of methoxy groups -OCH3 is 1. The molecule has 2 saturated heterocycles. The average molecular weight is 618 g/mol. The summed E-state index contributed by atoms with van der Waals surface area (Å²) in [4.78, 5) is 53.0. The molecule has 12 heteroatoms. The second kappa shape index (κ2) is 12.9. The van der Waals surface area contributed by atoms with Crippen LogP contribution in [0.1, 0.15) is 61.0 Å². The van der Waals surface area contributed by atoms with Crippen molar-refractivity contribution in [2.24, 2.45) is 0 Å². The van der Waals surface area contributed by atoms with E-state index in [0.717, 1.165) is 66.1 Å². The van der Waals surface area contributed by atoms with Crippen LogP contribution in [0.25, 0.3) is 33.9 Å². The molecule has 2 amide bonds. The van der Waals surface area contributed by atoms with Gasteiger partial charge in [-0.05, 0) is 43.4 Å². The molecule has 0 saturated carbocycles. The van der Waals surface area contributed by atoms with Crippen LogP contribution in [0.4, 0.5) is 4.79 Å². The van der Waals surface area contributed by atoms with E-state index in [1.54, 1.807) is 11.1 Å². The molecular weight excluding hydrogens is 582 g/mol. The maximum absolute atomic E-state index is 13.8. The average Bonchev–Trinajstić information content (AvgIpc) is 3.94. The predicted octanol–water partition coefficient (Wildman–Crippen LogP) is 5.11. The smallest absolute Gasteiger partial charge is 0.407 e. The molecule has 12 nitrogen and oxygen atoms in total. The summed E-state index contributed by atoms with van der Waals surface area (Å²) in [6.07, 6.45) is 10.4. The van der Waals surface area contributed by atoms with Crippen LogP contribution in [-0.2, 0) is 9.53 Å². The molecule has 0 radical (unpaired) electrons. The Balaban J connectivity index is 1.04. The van der Waals surface area contributed by atoms with Crippen molar-refractivity contribution >= 4 is 12.0 Å². The Morgan fingerprint density at radius 2 is 1.52 bits per heavy atom. The fourth-order valence-corrected chi connectivity index (χ4v) is 6.24. The zero-order valence-electron chi connectivity index (χ0n) is 25.4. The van der Waals surface area contributed by atoms with Gasteiger partial charge in [-0.2, -0.15) is 0 Å². The van der Waals surface area contributed by atoms with Crippen LogP contribution in [0.15, 0.2) is 79.4 Å². The summed E-state index contributed by atoms with van der Waals surface area (Å²) >= 11 is 0. The fourth-order valence-electron chi connectivity index (χ4n) is 6.24. The number of hydrogen-bond donors (Lipinski definition) is 4. The number of likely N-dealkylation sites (tertiary alicyclic amines) is 1. The highest BCUT2D eigenvalue weighted by atomic mass is 16.5. The van der Waals surface area contributed by atoms with Gasteiger partial charge < -0.3 is 30.2 Å². The number of carbonyl (C=O) groups excluding carboxylic acids is 2. The lowest BCUT2D eigenvalue weighted by atomic mass is 10.1. The van der Waals surface area contributed by atoms with E-state index in [9.17, 15) is 9.59 Å². The normalized spacial score (nSPS) is 18.4. The van der Waals surface area contributed by atoms with Gasteiger partial charge in [-0.25, -0.2) is 24.7 Å². The van der Waals surface area contributed by atoms with Crippen LogP contribution >= 0.6 is 0 Å². The topological polar surface area (TPSA) is 154 Å². The monoisotopic (exact) mass is 617 g/mol. The zero-order valence-corrected chi connectivity index (χ0v) is 25.4. The highest BCUT2D eigenvalue weighted by molar-refractivity contribution is 5.87. The van der Waals surface area contributed by atoms with Gasteiger partial charge in [-0.1, -0.05) is 54.6 Å². The molecule has 3 aromatic heterocycles. The summed E-state index contributed by atoms with van der Waals surface area (Å²) < 4.78 is 4.80. The first-order valence-electron chi connectivity index (χ1n) is 15.5. The molecule has 5 heterocycles. The first kappa shape index (κ1) is 29.4. The Morgan fingerprint density at radius 3 is 2.24 bits per heavy atom. The van der Waals surface area contributed by atoms with E-state index in [2.05, 4.69) is 40.5 Å². The van der Waals surface area contributed by atoms with Gasteiger partial charge >= 0.3 is 6.09 Å². The molecule has 234 valence electrons. The third kappa shape index (κ3) is 5.98. The van der Waals surface area contributed by atoms with Gasteiger partial charge in [0.25, 0.3) is 5.91 Å². The summed E-state index contributed by atoms with van der Waals surface area (Å²) in [5.41, 5.74) is 5.17. The molecule has 46 heavy (non-hydrogen) atoms. The molecule has 2 aromatic carbocycles. The standard InChI is InChI=1S/C34H35N9O3/c1-46-34(45)42-29(22-7-3-2-4-8-22)33(44)43-16-6-10-28(43)32-39-19-26(41-32)21-11-13-23(14-12-21)30-36-17-24(18-37-30)27-20-38-31(40-27)25-9-5-15-35-25/h2-4,7-8,11-14,17-20,25,28-29,35H,5-6,9-10,15-16H2,1H3,(H,38,40)(H,39,41)(H,42,45). The number of aromatic amines is 2. The lowest BCUT2D eigenvalue weighted by Gasteiger charge is -2.28. The van der Waals surface area contributed by atoms with Crippen molar-refractivity contribution in [3.8, 4) is 33.9 Å². The number of H-pyrrole nitrogens is 2. The number of amides is 2. The first-order valence-corrected chi connectivity index (χ1v) is 15.5. The van der Waals surface area contributed by atoms with Crippen molar-refractivity contribution in [1.82, 2.24) is 45.4 Å². The van der Waals surface area contributed by atoms with Gasteiger partial charge in [0.15, 0.2) is 5.82 Å². The van der Waals surface area contributed by atoms with Crippen LogP contribution in [0, 0.1) is 0 Å². The molecular formula is C34H35N9O3. The SMILES string of the molecule is COC(=O)NC(C(=O)N1CCCC1c1ncc(-c2ccc(-c3ncc(-c4cnc(C5CCCN5)[nH]4)cn3)cc2)[nH]1)c1ccccc1. The number of carbonyl (C=O) groups is 2. The quantitative estimate of drug-likeness (QED) is 0.187. The van der Waals surface area contributed by atoms with Crippen LogP contribution in [-0.4, -0.2) is 67.0 Å². The van der Waals surface area contributed by atoms with E-state index in [-0.39, 0.29) is 18.0 Å². The molecule has 0 aliphatic carbocycles. The summed E-state index contributed by atoms with van der Waals surface area (Å²) in [6, 6.07) is 16.3. The third-order valence-electron chi connectivity index (χ3n) is 8.68. The van der Waals surface area contributed by atoms with Crippen molar-refractivity contribution in [3.63, 3.8) is 0 Å². The molecule has 5 aromatic rings. The Labute approximate surface area is 266 Å². The van der Waals surface area contributed by atoms with Gasteiger partial charge in [0.2, 0.25) is 0 Å². The highest BCUT2D eigenvalue weighted by Crippen LogP contribution is 2.34. The van der Waals surface area contributed by atoms with E-state index in [4.69, 9.17) is 4.74 Å². The summed E-state index contributed by atoms with van der Waals surface area (Å²) in [5, 5.41) is 6.16. The zero-order chi connectivity index (χ0) is 31.5. The number of hydrogen-bond acceptors (Lipinski definition) is 8. The lowest BCUT2D eigenvalue weighted by Crippen LogP contribution is -2.42. The van der Waals surface area contributed by atoms with E-state index < -0.39 is 12.1 Å². The van der Waals surface area contributed by atoms with Gasteiger partial charge in [0.1, 0.15) is 17.7 Å². The maximum atomic E-state index is 13.8. The van der Waals surface area contributed by atoms with Crippen molar-refractivity contribution < 1.29 is 14.3 Å². The highest BCUT2D eigenvalue weighted by Gasteiger charge is 2.37. The first-order chi connectivity index (χ1) is 22.6. The summed E-state index contributed by atoms with van der Waals surface area (Å²) in [7, 11) is 1.28. The second-order valence-corrected chi connectivity index (χ2v) is 11.6. The van der Waals surface area contributed by atoms with Crippen LogP contribution < -0.4 is 10.6 Å². The fraction of sp³-hybridized carbons (Fsp3) is 0.294. The molecule has 3 atom stereocenters. The van der Waals surface area contributed by atoms with Crippen LogP contribution in [0.2, 0.25) is 0 Å². The number of benzene rings is 2. The number of nitrogens with one attached hydrogen (secondary N) is 4. The van der Waals surface area contributed by atoms with E-state index in [1.807, 2.05) is 73.2 Å². The van der Waals surface area contributed by atoms with Crippen molar-refractivity contribution in [3.05, 3.63) is 96.6 Å².